The molecular weight excluding hydrogens is 304 g/mol. The SMILES string of the molecule is NC(=O)CC(N)C(=O)NCC(c1cccs1)N1CCOCC1. The molecule has 122 valence electrons. The quantitative estimate of drug-likeness (QED) is 0.622. The molecule has 8 heteroatoms. The number of hydrogen-bond donors (Lipinski definition) is 3. The van der Waals surface area contributed by atoms with Crippen molar-refractivity contribution in [3.63, 3.8) is 0 Å². The number of thiophene rings is 1. The van der Waals surface area contributed by atoms with Crippen LogP contribution in [-0.4, -0.2) is 55.6 Å². The molecule has 1 aromatic rings. The van der Waals surface area contributed by atoms with Crippen LogP contribution in [0, 0.1) is 0 Å². The minimum absolute atomic E-state index is 0.0913. The van der Waals surface area contributed by atoms with Crippen LogP contribution < -0.4 is 16.8 Å². The van der Waals surface area contributed by atoms with Crippen LogP contribution in [0.3, 0.4) is 0 Å². The van der Waals surface area contributed by atoms with Crippen molar-refractivity contribution in [2.75, 3.05) is 32.8 Å². The lowest BCUT2D eigenvalue weighted by Gasteiger charge is -2.34. The third kappa shape index (κ3) is 4.77. The van der Waals surface area contributed by atoms with Crippen LogP contribution in [0.1, 0.15) is 17.3 Å². The average molecular weight is 326 g/mol. The molecule has 1 aliphatic rings. The van der Waals surface area contributed by atoms with E-state index in [0.29, 0.717) is 19.8 Å². The summed E-state index contributed by atoms with van der Waals surface area (Å²) in [6.07, 6.45) is -0.146. The summed E-state index contributed by atoms with van der Waals surface area (Å²) < 4.78 is 5.38. The average Bonchev–Trinajstić information content (AvgIpc) is 3.02. The first kappa shape index (κ1) is 16.9. The maximum atomic E-state index is 12.0. The number of ether oxygens (including phenoxy) is 1. The van der Waals surface area contributed by atoms with Gasteiger partial charge in [-0.15, -0.1) is 11.3 Å². The molecule has 1 fully saturated rings. The fraction of sp³-hybridized carbons (Fsp3) is 0.571. The van der Waals surface area contributed by atoms with E-state index in [1.165, 1.54) is 4.88 Å². The largest absolute Gasteiger partial charge is 0.379 e. The van der Waals surface area contributed by atoms with E-state index in [2.05, 4.69) is 16.3 Å². The summed E-state index contributed by atoms with van der Waals surface area (Å²) in [7, 11) is 0. The molecule has 2 atom stereocenters. The van der Waals surface area contributed by atoms with E-state index in [1.54, 1.807) is 11.3 Å². The van der Waals surface area contributed by atoms with Gasteiger partial charge in [0.1, 0.15) is 0 Å². The van der Waals surface area contributed by atoms with E-state index in [9.17, 15) is 9.59 Å². The Morgan fingerprint density at radius 2 is 2.14 bits per heavy atom. The Morgan fingerprint density at radius 1 is 1.41 bits per heavy atom. The molecule has 0 radical (unpaired) electrons. The Labute approximate surface area is 133 Å². The molecule has 7 nitrogen and oxygen atoms in total. The van der Waals surface area contributed by atoms with Crippen molar-refractivity contribution >= 4 is 23.2 Å². The van der Waals surface area contributed by atoms with Crippen molar-refractivity contribution in [3.8, 4) is 0 Å². The zero-order valence-corrected chi connectivity index (χ0v) is 13.2. The summed E-state index contributed by atoms with van der Waals surface area (Å²) in [4.78, 5) is 26.3. The van der Waals surface area contributed by atoms with Crippen LogP contribution in [0.25, 0.3) is 0 Å². The van der Waals surface area contributed by atoms with E-state index in [1.807, 2.05) is 11.4 Å². The number of hydrogen-bond acceptors (Lipinski definition) is 6. The van der Waals surface area contributed by atoms with Crippen molar-refractivity contribution in [3.05, 3.63) is 22.4 Å². The number of nitrogens with zero attached hydrogens (tertiary/aromatic N) is 1. The number of nitrogens with two attached hydrogens (primary N) is 2. The molecule has 2 heterocycles. The summed E-state index contributed by atoms with van der Waals surface area (Å²) in [5, 5.41) is 4.84. The first-order valence-electron chi connectivity index (χ1n) is 7.24. The summed E-state index contributed by atoms with van der Waals surface area (Å²) in [5.74, 6) is -0.931. The van der Waals surface area contributed by atoms with Crippen molar-refractivity contribution in [1.29, 1.82) is 0 Å². The van der Waals surface area contributed by atoms with Crippen LogP contribution in [-0.2, 0) is 14.3 Å². The zero-order valence-electron chi connectivity index (χ0n) is 12.4. The highest BCUT2D eigenvalue weighted by molar-refractivity contribution is 7.10. The van der Waals surface area contributed by atoms with Gasteiger partial charge < -0.3 is 21.5 Å². The fourth-order valence-electron chi connectivity index (χ4n) is 2.42. The molecule has 1 saturated heterocycles. The van der Waals surface area contributed by atoms with Gasteiger partial charge in [-0.05, 0) is 11.4 Å². The number of nitrogens with one attached hydrogen (secondary N) is 1. The number of amides is 2. The maximum absolute atomic E-state index is 12.0. The van der Waals surface area contributed by atoms with Crippen LogP contribution in [0.4, 0.5) is 0 Å². The molecule has 1 aromatic heterocycles. The predicted molar refractivity (Wildman–Crippen MR) is 84.2 cm³/mol. The van der Waals surface area contributed by atoms with E-state index < -0.39 is 11.9 Å². The van der Waals surface area contributed by atoms with Crippen molar-refractivity contribution in [1.82, 2.24) is 10.2 Å². The summed E-state index contributed by atoms with van der Waals surface area (Å²) >= 11 is 1.66. The molecule has 5 N–H and O–H groups in total. The molecule has 1 aliphatic heterocycles. The van der Waals surface area contributed by atoms with Crippen molar-refractivity contribution in [2.45, 2.75) is 18.5 Å². The highest BCUT2D eigenvalue weighted by Crippen LogP contribution is 2.25. The monoisotopic (exact) mass is 326 g/mol. The second-order valence-corrected chi connectivity index (χ2v) is 6.18. The molecular formula is C14H22N4O3S. The highest BCUT2D eigenvalue weighted by atomic mass is 32.1. The van der Waals surface area contributed by atoms with Gasteiger partial charge in [0.25, 0.3) is 0 Å². The molecule has 0 aliphatic carbocycles. The van der Waals surface area contributed by atoms with E-state index in [0.717, 1.165) is 13.1 Å². The smallest absolute Gasteiger partial charge is 0.237 e. The van der Waals surface area contributed by atoms with Gasteiger partial charge in [0.05, 0.1) is 31.7 Å². The Bertz CT molecular complexity index is 488. The lowest BCUT2D eigenvalue weighted by molar-refractivity contribution is -0.126. The molecule has 0 bridgehead atoms. The van der Waals surface area contributed by atoms with Gasteiger partial charge in [-0.2, -0.15) is 0 Å². The van der Waals surface area contributed by atoms with Crippen LogP contribution >= 0.6 is 11.3 Å². The maximum Gasteiger partial charge on any atom is 0.237 e. The zero-order chi connectivity index (χ0) is 15.9. The standard InChI is InChI=1S/C14H22N4O3S/c15-10(8-13(16)19)14(20)17-9-11(12-2-1-7-22-12)18-3-5-21-6-4-18/h1-2,7,10-11H,3-6,8-9,15H2,(H2,16,19)(H,17,20). The normalized spacial score (nSPS) is 18.6. The second kappa shape index (κ2) is 8.23. The van der Waals surface area contributed by atoms with Crippen molar-refractivity contribution in [2.24, 2.45) is 11.5 Å². The van der Waals surface area contributed by atoms with Gasteiger partial charge >= 0.3 is 0 Å². The Morgan fingerprint density at radius 3 is 2.73 bits per heavy atom. The third-order valence-electron chi connectivity index (χ3n) is 3.59. The van der Waals surface area contributed by atoms with Crippen LogP contribution in [0.2, 0.25) is 0 Å². The van der Waals surface area contributed by atoms with E-state index in [4.69, 9.17) is 16.2 Å². The molecule has 0 spiro atoms. The predicted octanol–water partition coefficient (Wildman–Crippen LogP) is -0.560. The number of carbonyl (C=O) groups is 2. The Hall–Kier alpha value is -1.48. The van der Waals surface area contributed by atoms with Gasteiger partial charge in [-0.25, -0.2) is 0 Å². The molecule has 2 rings (SSSR count). The summed E-state index contributed by atoms with van der Waals surface area (Å²) in [5.41, 5.74) is 10.7. The molecule has 0 saturated carbocycles. The molecule has 2 amide bonds. The molecule has 2 unspecified atom stereocenters. The first-order chi connectivity index (χ1) is 10.6. The summed E-state index contributed by atoms with van der Waals surface area (Å²) in [6, 6.07) is 3.24. The molecule has 22 heavy (non-hydrogen) atoms. The number of carbonyl (C=O) groups excluding carboxylic acids is 2. The van der Waals surface area contributed by atoms with E-state index in [-0.39, 0.29) is 18.4 Å². The van der Waals surface area contributed by atoms with Crippen LogP contribution in [0.5, 0.6) is 0 Å². The summed E-state index contributed by atoms with van der Waals surface area (Å²) in [6.45, 7) is 3.48. The minimum atomic E-state index is -0.897. The van der Waals surface area contributed by atoms with Gasteiger partial charge in [0, 0.05) is 24.5 Å². The Balaban J connectivity index is 1.95. The lowest BCUT2D eigenvalue weighted by Crippen LogP contribution is -2.47. The second-order valence-electron chi connectivity index (χ2n) is 5.20. The van der Waals surface area contributed by atoms with Gasteiger partial charge in [-0.3, -0.25) is 14.5 Å². The fourth-order valence-corrected chi connectivity index (χ4v) is 3.28. The minimum Gasteiger partial charge on any atom is -0.379 e. The van der Waals surface area contributed by atoms with Gasteiger partial charge in [-0.1, -0.05) is 6.07 Å². The number of primary amides is 1. The lowest BCUT2D eigenvalue weighted by atomic mass is 10.1. The highest BCUT2D eigenvalue weighted by Gasteiger charge is 2.25. The van der Waals surface area contributed by atoms with Gasteiger partial charge in [0.2, 0.25) is 11.8 Å². The number of rotatable bonds is 7. The number of morpholine rings is 1. The first-order valence-corrected chi connectivity index (χ1v) is 8.12. The van der Waals surface area contributed by atoms with Crippen LogP contribution in [0.15, 0.2) is 17.5 Å². The van der Waals surface area contributed by atoms with Crippen molar-refractivity contribution < 1.29 is 14.3 Å². The Kier molecular flexibility index (Phi) is 6.32. The van der Waals surface area contributed by atoms with E-state index >= 15 is 0 Å². The topological polar surface area (TPSA) is 111 Å². The van der Waals surface area contributed by atoms with Gasteiger partial charge in [0.15, 0.2) is 0 Å². The molecule has 0 aromatic carbocycles. The third-order valence-corrected chi connectivity index (χ3v) is 4.56.